The van der Waals surface area contributed by atoms with E-state index in [1.54, 1.807) is 12.5 Å². The van der Waals surface area contributed by atoms with Gasteiger partial charge >= 0.3 is 0 Å². The number of halogens is 1. The van der Waals surface area contributed by atoms with Gasteiger partial charge in [0.15, 0.2) is 0 Å². The molecule has 0 aliphatic rings. The number of benzene rings is 1. The van der Waals surface area contributed by atoms with Gasteiger partial charge in [0.25, 0.3) is 0 Å². The lowest BCUT2D eigenvalue weighted by Gasteiger charge is -2.14. The van der Waals surface area contributed by atoms with Crippen molar-refractivity contribution in [2.45, 2.75) is 26.3 Å². The molecule has 0 saturated carbocycles. The van der Waals surface area contributed by atoms with Crippen molar-refractivity contribution in [2.24, 2.45) is 0 Å². The Morgan fingerprint density at radius 2 is 2.19 bits per heavy atom. The van der Waals surface area contributed by atoms with E-state index in [0.717, 1.165) is 28.5 Å². The van der Waals surface area contributed by atoms with Gasteiger partial charge in [0, 0.05) is 29.9 Å². The summed E-state index contributed by atoms with van der Waals surface area (Å²) in [5.41, 5.74) is 1.97. The van der Waals surface area contributed by atoms with Crippen molar-refractivity contribution in [3.63, 3.8) is 0 Å². The quantitative estimate of drug-likeness (QED) is 0.743. The third-order valence-electron chi connectivity index (χ3n) is 3.60. The summed E-state index contributed by atoms with van der Waals surface area (Å²) in [6.07, 6.45) is 7.90. The Balaban J connectivity index is 1.92. The van der Waals surface area contributed by atoms with Gasteiger partial charge in [-0.15, -0.1) is 0 Å². The van der Waals surface area contributed by atoms with Gasteiger partial charge in [0.1, 0.15) is 12.2 Å². The predicted octanol–water partition coefficient (Wildman–Crippen LogP) is 3.23. The normalized spacial score (nSPS) is 12.5. The summed E-state index contributed by atoms with van der Waals surface area (Å²) in [6.45, 7) is 4.12. The van der Waals surface area contributed by atoms with E-state index in [1.165, 1.54) is 0 Å². The third kappa shape index (κ3) is 2.69. The maximum atomic E-state index is 6.20. The zero-order valence-corrected chi connectivity index (χ0v) is 12.7. The van der Waals surface area contributed by atoms with Gasteiger partial charge in [-0.2, -0.15) is 5.10 Å². The van der Waals surface area contributed by atoms with E-state index in [0.29, 0.717) is 0 Å². The molecule has 0 aliphatic heterocycles. The summed E-state index contributed by atoms with van der Waals surface area (Å²) in [5.74, 6) is 0.904. The molecule has 0 bridgehead atoms. The Bertz CT molecular complexity index is 732. The molecule has 0 aliphatic carbocycles. The van der Waals surface area contributed by atoms with Gasteiger partial charge in [0.05, 0.1) is 12.0 Å². The maximum absolute atomic E-state index is 6.20. The van der Waals surface area contributed by atoms with Crippen LogP contribution in [0.25, 0.3) is 5.69 Å². The van der Waals surface area contributed by atoms with Crippen molar-refractivity contribution in [1.82, 2.24) is 24.3 Å². The number of rotatable bonds is 4. The van der Waals surface area contributed by atoms with Crippen LogP contribution in [0, 0.1) is 6.92 Å². The molecule has 0 radical (unpaired) electrons. The lowest BCUT2D eigenvalue weighted by Crippen LogP contribution is -2.12. The van der Waals surface area contributed by atoms with E-state index in [4.69, 9.17) is 11.6 Å². The Kier molecular flexibility index (Phi) is 3.75. The molecule has 1 atom stereocenters. The largest absolute Gasteiger partial charge is 0.334 e. The van der Waals surface area contributed by atoms with Crippen LogP contribution in [0.15, 0.2) is 43.2 Å². The highest BCUT2D eigenvalue weighted by Crippen LogP contribution is 2.23. The molecular formula is C15H16ClN5. The molecular weight excluding hydrogens is 286 g/mol. The Labute approximate surface area is 128 Å². The summed E-state index contributed by atoms with van der Waals surface area (Å²) < 4.78 is 3.92. The second-order valence-electron chi connectivity index (χ2n) is 5.04. The van der Waals surface area contributed by atoms with Gasteiger partial charge in [-0.25, -0.2) is 14.6 Å². The second kappa shape index (κ2) is 5.69. The fourth-order valence-corrected chi connectivity index (χ4v) is 2.50. The van der Waals surface area contributed by atoms with Crippen LogP contribution in [0.4, 0.5) is 0 Å². The Morgan fingerprint density at radius 3 is 2.95 bits per heavy atom. The number of hydrogen-bond donors (Lipinski definition) is 0. The van der Waals surface area contributed by atoms with Crippen molar-refractivity contribution in [1.29, 1.82) is 0 Å². The zero-order chi connectivity index (χ0) is 14.8. The highest BCUT2D eigenvalue weighted by Gasteiger charge is 2.14. The molecule has 0 saturated heterocycles. The molecule has 108 valence electrons. The first kappa shape index (κ1) is 13.8. The number of hydrogen-bond acceptors (Lipinski definition) is 3. The molecule has 0 spiro atoms. The number of aromatic nitrogens is 5. The molecule has 0 unspecified atom stereocenters. The molecule has 2 aromatic heterocycles. The van der Waals surface area contributed by atoms with Gasteiger partial charge in [0.2, 0.25) is 0 Å². The average Bonchev–Trinajstić information content (AvgIpc) is 3.13. The lowest BCUT2D eigenvalue weighted by atomic mass is 10.2. The van der Waals surface area contributed by atoms with Crippen LogP contribution in [-0.4, -0.2) is 24.3 Å². The maximum Gasteiger partial charge on any atom is 0.138 e. The summed E-state index contributed by atoms with van der Waals surface area (Å²) in [5, 5.41) is 5.08. The molecule has 0 amide bonds. The van der Waals surface area contributed by atoms with Gasteiger partial charge in [-0.3, -0.25) is 0 Å². The topological polar surface area (TPSA) is 48.5 Å². The SMILES string of the molecule is Cc1c(Cl)cccc1-n1ncnc1C[C@H](C)n1ccnc1. The van der Waals surface area contributed by atoms with Crippen molar-refractivity contribution in [3.8, 4) is 5.69 Å². The van der Waals surface area contributed by atoms with E-state index >= 15 is 0 Å². The Morgan fingerprint density at radius 1 is 1.33 bits per heavy atom. The first-order chi connectivity index (χ1) is 10.2. The number of nitrogens with zero attached hydrogens (tertiary/aromatic N) is 5. The molecule has 5 nitrogen and oxygen atoms in total. The minimum absolute atomic E-state index is 0.259. The lowest BCUT2D eigenvalue weighted by molar-refractivity contribution is 0.523. The van der Waals surface area contributed by atoms with Crippen molar-refractivity contribution < 1.29 is 0 Å². The molecule has 0 N–H and O–H groups in total. The third-order valence-corrected chi connectivity index (χ3v) is 4.01. The predicted molar refractivity (Wildman–Crippen MR) is 81.7 cm³/mol. The first-order valence-electron chi connectivity index (χ1n) is 6.78. The van der Waals surface area contributed by atoms with Crippen LogP contribution >= 0.6 is 11.6 Å². The highest BCUT2D eigenvalue weighted by molar-refractivity contribution is 6.31. The van der Waals surface area contributed by atoms with Crippen LogP contribution in [0.3, 0.4) is 0 Å². The molecule has 3 rings (SSSR count). The van der Waals surface area contributed by atoms with Crippen molar-refractivity contribution >= 4 is 11.6 Å². The summed E-state index contributed by atoms with van der Waals surface area (Å²) in [6, 6.07) is 6.07. The molecule has 6 heteroatoms. The molecule has 2 heterocycles. The van der Waals surface area contributed by atoms with Crippen LogP contribution in [0.5, 0.6) is 0 Å². The smallest absolute Gasteiger partial charge is 0.138 e. The van der Waals surface area contributed by atoms with E-state index in [2.05, 4.69) is 26.6 Å². The van der Waals surface area contributed by atoms with Gasteiger partial charge < -0.3 is 4.57 Å². The highest BCUT2D eigenvalue weighted by atomic mass is 35.5. The second-order valence-corrected chi connectivity index (χ2v) is 5.44. The fourth-order valence-electron chi connectivity index (χ4n) is 2.33. The molecule has 3 aromatic rings. The van der Waals surface area contributed by atoms with Crippen LogP contribution < -0.4 is 0 Å². The van der Waals surface area contributed by atoms with Crippen molar-refractivity contribution in [2.75, 3.05) is 0 Å². The summed E-state index contributed by atoms with van der Waals surface area (Å²) in [4.78, 5) is 8.47. The average molecular weight is 302 g/mol. The Hall–Kier alpha value is -2.14. The zero-order valence-electron chi connectivity index (χ0n) is 11.9. The molecule has 0 fully saturated rings. The van der Waals surface area contributed by atoms with Crippen LogP contribution in [-0.2, 0) is 6.42 Å². The summed E-state index contributed by atoms with van der Waals surface area (Å²) in [7, 11) is 0. The molecule has 21 heavy (non-hydrogen) atoms. The van der Waals surface area contributed by atoms with Crippen LogP contribution in [0.2, 0.25) is 5.02 Å². The minimum atomic E-state index is 0.259. The van der Waals surface area contributed by atoms with E-state index in [9.17, 15) is 0 Å². The van der Waals surface area contributed by atoms with Gasteiger partial charge in [-0.05, 0) is 31.5 Å². The first-order valence-corrected chi connectivity index (χ1v) is 7.16. The van der Waals surface area contributed by atoms with E-state index < -0.39 is 0 Å². The van der Waals surface area contributed by atoms with Crippen molar-refractivity contribution in [3.05, 3.63) is 59.7 Å². The fraction of sp³-hybridized carbons (Fsp3) is 0.267. The van der Waals surface area contributed by atoms with Gasteiger partial charge in [-0.1, -0.05) is 17.7 Å². The minimum Gasteiger partial charge on any atom is -0.334 e. The molecule has 1 aromatic carbocycles. The monoisotopic (exact) mass is 301 g/mol. The number of imidazole rings is 1. The van der Waals surface area contributed by atoms with Crippen LogP contribution in [0.1, 0.15) is 24.4 Å². The summed E-state index contributed by atoms with van der Waals surface area (Å²) >= 11 is 6.20. The van der Waals surface area contributed by atoms with E-state index in [1.807, 2.05) is 42.3 Å². The van der Waals surface area contributed by atoms with E-state index in [-0.39, 0.29) is 6.04 Å². The standard InChI is InChI=1S/C15H16ClN5/c1-11(20-7-6-17-10-20)8-15-18-9-19-21(15)14-5-3-4-13(16)12(14)2/h3-7,9-11H,8H2,1-2H3/t11-/m0/s1.